The Kier molecular flexibility index (Phi) is 3.16. The summed E-state index contributed by atoms with van der Waals surface area (Å²) in [7, 11) is 1.68. The molecule has 86 valence electrons. The van der Waals surface area contributed by atoms with E-state index in [1.54, 1.807) is 13.4 Å². The molecular weight excluding hydrogens is 208 g/mol. The van der Waals surface area contributed by atoms with E-state index in [0.29, 0.717) is 18.1 Å². The number of nitrogens with two attached hydrogens (primary N) is 1. The quantitative estimate of drug-likeness (QED) is 0.632. The number of nitrogens with one attached hydrogen (secondary N) is 2. The number of nitrogen functional groups attached to an aromatic ring is 1. The molecule has 4 N–H and O–H groups in total. The van der Waals surface area contributed by atoms with E-state index < -0.39 is 0 Å². The molecule has 0 bridgehead atoms. The van der Waals surface area contributed by atoms with Crippen LogP contribution in [0.15, 0.2) is 6.33 Å². The highest BCUT2D eigenvalue weighted by atomic mass is 16.5. The Bertz CT molecular complexity index is 468. The molecular formula is C9H14N6O. The number of rotatable bonds is 5. The van der Waals surface area contributed by atoms with Crippen LogP contribution in [0.2, 0.25) is 0 Å². The van der Waals surface area contributed by atoms with Crippen LogP contribution in [-0.4, -0.2) is 40.2 Å². The minimum Gasteiger partial charge on any atom is -0.385 e. The lowest BCUT2D eigenvalue weighted by atomic mass is 10.4. The zero-order valence-corrected chi connectivity index (χ0v) is 9.03. The first-order chi connectivity index (χ1) is 7.81. The van der Waals surface area contributed by atoms with Gasteiger partial charge < -0.3 is 20.8 Å². The monoisotopic (exact) mass is 222 g/mol. The van der Waals surface area contributed by atoms with Crippen molar-refractivity contribution in [3.05, 3.63) is 6.33 Å². The topological polar surface area (TPSA) is 102 Å². The summed E-state index contributed by atoms with van der Waals surface area (Å²) < 4.78 is 4.96. The highest BCUT2D eigenvalue weighted by molar-refractivity contribution is 5.83. The highest BCUT2D eigenvalue weighted by Crippen LogP contribution is 2.16. The predicted molar refractivity (Wildman–Crippen MR) is 61.1 cm³/mol. The highest BCUT2D eigenvalue weighted by Gasteiger charge is 2.07. The number of hydrogen-bond acceptors (Lipinski definition) is 6. The summed E-state index contributed by atoms with van der Waals surface area (Å²) >= 11 is 0. The fourth-order valence-corrected chi connectivity index (χ4v) is 1.40. The largest absolute Gasteiger partial charge is 0.385 e. The fraction of sp³-hybridized carbons (Fsp3) is 0.444. The molecule has 0 aliphatic rings. The predicted octanol–water partition coefficient (Wildman–Crippen LogP) is 0.383. The number of fused-ring (bicyclic) bond motifs is 1. The van der Waals surface area contributed by atoms with Crippen molar-refractivity contribution >= 4 is 22.9 Å². The van der Waals surface area contributed by atoms with Crippen LogP contribution in [0, 0.1) is 0 Å². The smallest absolute Gasteiger partial charge is 0.224 e. The molecule has 0 aliphatic carbocycles. The first kappa shape index (κ1) is 10.6. The first-order valence-electron chi connectivity index (χ1n) is 5.00. The van der Waals surface area contributed by atoms with Gasteiger partial charge in [0.15, 0.2) is 11.5 Å². The van der Waals surface area contributed by atoms with E-state index in [0.717, 1.165) is 18.5 Å². The molecule has 0 saturated heterocycles. The molecule has 2 rings (SSSR count). The van der Waals surface area contributed by atoms with Crippen LogP contribution in [0.1, 0.15) is 6.42 Å². The molecule has 0 aromatic carbocycles. The summed E-state index contributed by atoms with van der Waals surface area (Å²) in [5, 5.41) is 3.17. The summed E-state index contributed by atoms with van der Waals surface area (Å²) in [6.45, 7) is 1.47. The zero-order chi connectivity index (χ0) is 11.4. The second-order valence-corrected chi connectivity index (χ2v) is 3.30. The molecule has 0 saturated carbocycles. The van der Waals surface area contributed by atoms with Crippen LogP contribution >= 0.6 is 0 Å². The molecule has 0 fully saturated rings. The van der Waals surface area contributed by atoms with Crippen molar-refractivity contribution in [2.75, 3.05) is 31.3 Å². The second kappa shape index (κ2) is 4.75. The Morgan fingerprint density at radius 1 is 1.50 bits per heavy atom. The van der Waals surface area contributed by atoms with Crippen LogP contribution in [0.5, 0.6) is 0 Å². The fourth-order valence-electron chi connectivity index (χ4n) is 1.40. The minimum atomic E-state index is 0.217. The molecule has 0 radical (unpaired) electrons. The Hall–Kier alpha value is -1.89. The van der Waals surface area contributed by atoms with Crippen molar-refractivity contribution in [3.8, 4) is 0 Å². The van der Waals surface area contributed by atoms with Gasteiger partial charge in [-0.25, -0.2) is 4.98 Å². The van der Waals surface area contributed by atoms with Gasteiger partial charge in [0.05, 0.1) is 6.33 Å². The zero-order valence-electron chi connectivity index (χ0n) is 9.03. The van der Waals surface area contributed by atoms with Gasteiger partial charge in [0.1, 0.15) is 5.52 Å². The third-order valence-electron chi connectivity index (χ3n) is 2.12. The maximum Gasteiger partial charge on any atom is 0.224 e. The standard InChI is InChI=1S/C9H14N6O/c1-16-4-2-3-11-7-6-8(13-5-12-6)15-9(10)14-7/h5H,2-4H2,1H3,(H4,10,11,12,13,14,15). The van der Waals surface area contributed by atoms with Crippen molar-refractivity contribution in [1.82, 2.24) is 19.9 Å². The van der Waals surface area contributed by atoms with Crippen LogP contribution in [0.3, 0.4) is 0 Å². The summed E-state index contributed by atoms with van der Waals surface area (Å²) in [4.78, 5) is 15.1. The molecule has 0 atom stereocenters. The van der Waals surface area contributed by atoms with E-state index >= 15 is 0 Å². The minimum absolute atomic E-state index is 0.217. The van der Waals surface area contributed by atoms with Crippen molar-refractivity contribution in [3.63, 3.8) is 0 Å². The van der Waals surface area contributed by atoms with Crippen LogP contribution < -0.4 is 11.1 Å². The van der Waals surface area contributed by atoms with Gasteiger partial charge in [-0.05, 0) is 6.42 Å². The van der Waals surface area contributed by atoms with Crippen molar-refractivity contribution in [2.24, 2.45) is 0 Å². The first-order valence-corrected chi connectivity index (χ1v) is 5.00. The lowest BCUT2D eigenvalue weighted by molar-refractivity contribution is 0.198. The van der Waals surface area contributed by atoms with Gasteiger partial charge in [-0.2, -0.15) is 9.97 Å². The SMILES string of the molecule is COCCCNc1nc(N)nc2nc[nH]c12. The number of imidazole rings is 1. The van der Waals surface area contributed by atoms with Gasteiger partial charge in [0.2, 0.25) is 5.95 Å². The molecule has 2 aromatic rings. The second-order valence-electron chi connectivity index (χ2n) is 3.30. The number of methoxy groups -OCH3 is 1. The lowest BCUT2D eigenvalue weighted by Crippen LogP contribution is -2.08. The Morgan fingerprint density at radius 3 is 3.19 bits per heavy atom. The van der Waals surface area contributed by atoms with E-state index in [1.807, 2.05) is 0 Å². The normalized spacial score (nSPS) is 10.8. The molecule has 0 aliphatic heterocycles. The molecule has 0 amide bonds. The lowest BCUT2D eigenvalue weighted by Gasteiger charge is -2.06. The summed E-state index contributed by atoms with van der Waals surface area (Å²) in [6.07, 6.45) is 2.47. The average Bonchev–Trinajstić information content (AvgIpc) is 2.72. The maximum absolute atomic E-state index is 5.57. The van der Waals surface area contributed by atoms with E-state index in [-0.39, 0.29) is 5.95 Å². The third kappa shape index (κ3) is 2.19. The van der Waals surface area contributed by atoms with Gasteiger partial charge in [-0.3, -0.25) is 0 Å². The number of nitrogens with zero attached hydrogens (tertiary/aromatic N) is 3. The third-order valence-corrected chi connectivity index (χ3v) is 2.12. The van der Waals surface area contributed by atoms with Gasteiger partial charge in [0, 0.05) is 20.3 Å². The summed E-state index contributed by atoms with van der Waals surface area (Å²) in [5.74, 6) is 0.893. The summed E-state index contributed by atoms with van der Waals surface area (Å²) in [5.41, 5.74) is 6.91. The molecule has 0 unspecified atom stereocenters. The Labute approximate surface area is 92.4 Å². The molecule has 7 heteroatoms. The maximum atomic E-state index is 5.57. The number of hydrogen-bond donors (Lipinski definition) is 3. The van der Waals surface area contributed by atoms with E-state index in [4.69, 9.17) is 10.5 Å². The number of anilines is 2. The molecule has 0 spiro atoms. The Balaban J connectivity index is 2.12. The number of aromatic nitrogens is 4. The van der Waals surface area contributed by atoms with Crippen LogP contribution in [-0.2, 0) is 4.74 Å². The average molecular weight is 222 g/mol. The van der Waals surface area contributed by atoms with Crippen molar-refractivity contribution in [2.45, 2.75) is 6.42 Å². The van der Waals surface area contributed by atoms with Crippen LogP contribution in [0.25, 0.3) is 11.2 Å². The molecule has 2 aromatic heterocycles. The molecule has 7 nitrogen and oxygen atoms in total. The number of aromatic amines is 1. The molecule has 2 heterocycles. The summed E-state index contributed by atoms with van der Waals surface area (Å²) in [6, 6.07) is 0. The molecule has 16 heavy (non-hydrogen) atoms. The van der Waals surface area contributed by atoms with Gasteiger partial charge in [0.25, 0.3) is 0 Å². The van der Waals surface area contributed by atoms with Gasteiger partial charge in [-0.1, -0.05) is 0 Å². The van der Waals surface area contributed by atoms with E-state index in [2.05, 4.69) is 25.3 Å². The Morgan fingerprint density at radius 2 is 2.38 bits per heavy atom. The van der Waals surface area contributed by atoms with Gasteiger partial charge in [-0.15, -0.1) is 0 Å². The van der Waals surface area contributed by atoms with Gasteiger partial charge >= 0.3 is 0 Å². The van der Waals surface area contributed by atoms with E-state index in [9.17, 15) is 0 Å². The number of H-pyrrole nitrogens is 1. The van der Waals surface area contributed by atoms with E-state index in [1.165, 1.54) is 0 Å². The van der Waals surface area contributed by atoms with Crippen molar-refractivity contribution in [1.29, 1.82) is 0 Å². The number of ether oxygens (including phenoxy) is 1. The van der Waals surface area contributed by atoms with Crippen molar-refractivity contribution < 1.29 is 4.74 Å². The van der Waals surface area contributed by atoms with Crippen LogP contribution in [0.4, 0.5) is 11.8 Å².